The number of hydrogen-bond donors (Lipinski definition) is 1. The Morgan fingerprint density at radius 2 is 1.74 bits per heavy atom. The summed E-state index contributed by atoms with van der Waals surface area (Å²) in [6, 6.07) is 15.7. The van der Waals surface area contributed by atoms with E-state index in [4.69, 9.17) is 0 Å². The van der Waals surface area contributed by atoms with Gasteiger partial charge in [-0.05, 0) is 60.0 Å². The lowest BCUT2D eigenvalue weighted by molar-refractivity contribution is -0.134. The molecular formula is C25H21F2NO3. The Morgan fingerprint density at radius 3 is 2.42 bits per heavy atom. The Labute approximate surface area is 179 Å². The van der Waals surface area contributed by atoms with Gasteiger partial charge in [-0.1, -0.05) is 29.8 Å². The van der Waals surface area contributed by atoms with Crippen molar-refractivity contribution in [1.29, 1.82) is 0 Å². The Hall–Kier alpha value is -3.80. The lowest BCUT2D eigenvalue weighted by atomic mass is 9.98. The summed E-state index contributed by atoms with van der Waals surface area (Å²) in [5.41, 5.74) is 3.34. The molecule has 158 valence electrons. The molecule has 4 nitrogen and oxygen atoms in total. The minimum Gasteiger partial charge on any atom is -0.466 e. The Kier molecular flexibility index (Phi) is 6.92. The van der Waals surface area contributed by atoms with Crippen molar-refractivity contribution in [3.8, 4) is 11.1 Å². The molecule has 6 heteroatoms. The first-order chi connectivity index (χ1) is 14.9. The molecule has 0 bridgehead atoms. The molecule has 0 saturated carbocycles. The summed E-state index contributed by atoms with van der Waals surface area (Å²) < 4.78 is 32.2. The van der Waals surface area contributed by atoms with Crippen molar-refractivity contribution in [2.75, 3.05) is 7.11 Å². The number of aryl methyl sites for hydroxylation is 1. The molecule has 0 saturated heterocycles. The smallest absolute Gasteiger partial charge is 0.330 e. The first-order valence-electron chi connectivity index (χ1n) is 9.56. The maximum absolute atomic E-state index is 14.3. The Balaban J connectivity index is 1.93. The summed E-state index contributed by atoms with van der Waals surface area (Å²) in [6.07, 6.45) is 2.67. The summed E-state index contributed by atoms with van der Waals surface area (Å²) in [5, 5.41) is 2.83. The number of benzene rings is 3. The molecule has 0 fully saturated rings. The van der Waals surface area contributed by atoms with E-state index in [2.05, 4.69) is 10.1 Å². The van der Waals surface area contributed by atoms with Gasteiger partial charge < -0.3 is 10.1 Å². The van der Waals surface area contributed by atoms with E-state index in [1.807, 2.05) is 31.2 Å². The van der Waals surface area contributed by atoms with Crippen LogP contribution >= 0.6 is 0 Å². The molecule has 1 N–H and O–H groups in total. The monoisotopic (exact) mass is 421 g/mol. The number of esters is 1. The van der Waals surface area contributed by atoms with Gasteiger partial charge in [-0.25, -0.2) is 13.6 Å². The summed E-state index contributed by atoms with van der Waals surface area (Å²) in [5.74, 6) is -2.37. The predicted octanol–water partition coefficient (Wildman–Crippen LogP) is 5.06. The quantitative estimate of drug-likeness (QED) is 0.447. The van der Waals surface area contributed by atoms with Crippen molar-refractivity contribution in [2.45, 2.75) is 13.5 Å². The van der Waals surface area contributed by atoms with E-state index in [0.717, 1.165) is 23.3 Å². The van der Waals surface area contributed by atoms with Crippen molar-refractivity contribution in [3.05, 3.63) is 101 Å². The van der Waals surface area contributed by atoms with Crippen LogP contribution in [0.5, 0.6) is 0 Å². The number of amides is 1. The summed E-state index contributed by atoms with van der Waals surface area (Å²) in [6.45, 7) is 2.30. The van der Waals surface area contributed by atoms with Gasteiger partial charge in [-0.15, -0.1) is 0 Å². The largest absolute Gasteiger partial charge is 0.466 e. The number of hydrogen-bond acceptors (Lipinski definition) is 3. The molecule has 0 aromatic heterocycles. The van der Waals surface area contributed by atoms with E-state index >= 15 is 0 Å². The highest BCUT2D eigenvalue weighted by atomic mass is 19.1. The standard InChI is InChI=1S/C25H21F2NO3/c1-16-3-5-17(6-4-16)15-28-25(30)20-12-18(7-10-24(29)31-2)11-19(13-20)22-9-8-21(26)14-23(22)27/h3-14H,15H2,1-2H3,(H,28,30)/b10-7+. The zero-order valence-corrected chi connectivity index (χ0v) is 17.1. The highest BCUT2D eigenvalue weighted by Gasteiger charge is 2.13. The molecule has 0 radical (unpaired) electrons. The van der Waals surface area contributed by atoms with Gasteiger partial charge in [0.15, 0.2) is 0 Å². The molecule has 0 heterocycles. The van der Waals surface area contributed by atoms with E-state index in [0.29, 0.717) is 17.7 Å². The Bertz CT molecular complexity index is 1140. The minimum absolute atomic E-state index is 0.141. The predicted molar refractivity (Wildman–Crippen MR) is 115 cm³/mol. The summed E-state index contributed by atoms with van der Waals surface area (Å²) in [4.78, 5) is 24.2. The van der Waals surface area contributed by atoms with Crippen molar-refractivity contribution in [2.24, 2.45) is 0 Å². The fourth-order valence-electron chi connectivity index (χ4n) is 2.98. The third kappa shape index (κ3) is 5.85. The fourth-order valence-corrected chi connectivity index (χ4v) is 2.98. The van der Waals surface area contributed by atoms with Crippen molar-refractivity contribution in [1.82, 2.24) is 5.32 Å². The van der Waals surface area contributed by atoms with Gasteiger partial charge in [0.2, 0.25) is 0 Å². The van der Waals surface area contributed by atoms with Crippen molar-refractivity contribution >= 4 is 18.0 Å². The molecule has 0 unspecified atom stereocenters. The topological polar surface area (TPSA) is 55.4 Å². The highest BCUT2D eigenvalue weighted by molar-refractivity contribution is 5.97. The number of carbonyl (C=O) groups is 2. The van der Waals surface area contributed by atoms with Gasteiger partial charge >= 0.3 is 5.97 Å². The van der Waals surface area contributed by atoms with Crippen LogP contribution in [0, 0.1) is 18.6 Å². The zero-order chi connectivity index (χ0) is 22.4. The molecule has 0 aliphatic rings. The van der Waals surface area contributed by atoms with E-state index in [1.165, 1.54) is 31.4 Å². The number of halogens is 2. The van der Waals surface area contributed by atoms with E-state index in [-0.39, 0.29) is 17.0 Å². The third-order valence-electron chi connectivity index (χ3n) is 4.65. The van der Waals surface area contributed by atoms with Gasteiger partial charge in [-0.3, -0.25) is 4.79 Å². The first kappa shape index (κ1) is 21.9. The second-order valence-corrected chi connectivity index (χ2v) is 6.99. The molecule has 0 aliphatic heterocycles. The van der Waals surface area contributed by atoms with Crippen LogP contribution in [0.3, 0.4) is 0 Å². The fraction of sp³-hybridized carbons (Fsp3) is 0.120. The molecule has 3 aromatic rings. The van der Waals surface area contributed by atoms with E-state index in [1.54, 1.807) is 12.1 Å². The number of nitrogens with one attached hydrogen (secondary N) is 1. The number of ether oxygens (including phenoxy) is 1. The summed E-state index contributed by atoms with van der Waals surface area (Å²) in [7, 11) is 1.25. The average Bonchev–Trinajstić information content (AvgIpc) is 2.76. The minimum atomic E-state index is -0.750. The van der Waals surface area contributed by atoms with Gasteiger partial charge in [0, 0.05) is 29.8 Å². The van der Waals surface area contributed by atoms with Gasteiger partial charge in [0.05, 0.1) is 7.11 Å². The first-order valence-corrected chi connectivity index (χ1v) is 9.56. The maximum Gasteiger partial charge on any atom is 0.330 e. The average molecular weight is 421 g/mol. The van der Waals surface area contributed by atoms with Crippen LogP contribution in [-0.2, 0) is 16.1 Å². The van der Waals surface area contributed by atoms with Crippen molar-refractivity contribution in [3.63, 3.8) is 0 Å². The molecule has 3 aromatic carbocycles. The summed E-state index contributed by atoms with van der Waals surface area (Å²) >= 11 is 0. The van der Waals surface area contributed by atoms with E-state index < -0.39 is 17.6 Å². The molecule has 3 rings (SSSR count). The number of carbonyl (C=O) groups excluding carboxylic acids is 2. The van der Waals surface area contributed by atoms with Gasteiger partial charge in [-0.2, -0.15) is 0 Å². The molecule has 1 amide bonds. The number of methoxy groups -OCH3 is 1. The molecule has 31 heavy (non-hydrogen) atoms. The lowest BCUT2D eigenvalue weighted by Gasteiger charge is -2.10. The molecular weight excluding hydrogens is 400 g/mol. The zero-order valence-electron chi connectivity index (χ0n) is 17.1. The molecule has 0 spiro atoms. The van der Waals surface area contributed by atoms with Gasteiger partial charge in [0.1, 0.15) is 11.6 Å². The second-order valence-electron chi connectivity index (χ2n) is 6.99. The van der Waals surface area contributed by atoms with Crippen LogP contribution in [0.1, 0.15) is 27.0 Å². The number of rotatable bonds is 6. The van der Waals surface area contributed by atoms with Crippen LogP contribution in [0.4, 0.5) is 8.78 Å². The van der Waals surface area contributed by atoms with Crippen LogP contribution in [0.2, 0.25) is 0 Å². The Morgan fingerprint density at radius 1 is 1.00 bits per heavy atom. The van der Waals surface area contributed by atoms with Crippen LogP contribution in [-0.4, -0.2) is 19.0 Å². The molecule has 0 atom stereocenters. The van der Waals surface area contributed by atoms with Crippen LogP contribution in [0.15, 0.2) is 66.7 Å². The van der Waals surface area contributed by atoms with Gasteiger partial charge in [0.25, 0.3) is 5.91 Å². The lowest BCUT2D eigenvalue weighted by Crippen LogP contribution is -2.22. The highest BCUT2D eigenvalue weighted by Crippen LogP contribution is 2.26. The van der Waals surface area contributed by atoms with Crippen molar-refractivity contribution < 1.29 is 23.1 Å². The van der Waals surface area contributed by atoms with E-state index in [9.17, 15) is 18.4 Å². The normalized spacial score (nSPS) is 10.8. The third-order valence-corrected chi connectivity index (χ3v) is 4.65. The molecule has 0 aliphatic carbocycles. The second kappa shape index (κ2) is 9.80. The maximum atomic E-state index is 14.3. The van der Waals surface area contributed by atoms with Crippen LogP contribution < -0.4 is 5.32 Å². The SMILES string of the molecule is COC(=O)/C=C/c1cc(C(=O)NCc2ccc(C)cc2)cc(-c2ccc(F)cc2F)c1. The van der Waals surface area contributed by atoms with Crippen LogP contribution in [0.25, 0.3) is 17.2 Å².